The number of nitrogen functional groups attached to an aromatic ring is 1. The van der Waals surface area contributed by atoms with E-state index in [0.717, 1.165) is 3.57 Å². The van der Waals surface area contributed by atoms with Crippen LogP contribution in [0.15, 0.2) is 12.5 Å². The van der Waals surface area contributed by atoms with Crippen molar-refractivity contribution in [2.75, 3.05) is 19.5 Å². The lowest BCUT2D eigenvalue weighted by molar-refractivity contribution is -0.0578. The molecule has 0 bridgehead atoms. The van der Waals surface area contributed by atoms with Gasteiger partial charge in [-0.15, -0.1) is 0 Å². The van der Waals surface area contributed by atoms with E-state index < -0.39 is 24.5 Å². The fourth-order valence-corrected chi connectivity index (χ4v) is 3.33. The molecule has 2 aromatic heterocycles. The van der Waals surface area contributed by atoms with E-state index in [1.54, 1.807) is 10.8 Å². The number of methoxy groups -OCH3 is 1. The van der Waals surface area contributed by atoms with Gasteiger partial charge in [0, 0.05) is 16.9 Å². The quantitative estimate of drug-likeness (QED) is 0.609. The first-order chi connectivity index (χ1) is 10.0. The zero-order chi connectivity index (χ0) is 15.1. The SMILES string of the molecule is COC[C@H]1O[C@@H](n2cc(I)c3c(N)ncnc32)[C@H](O)[C@@H]1O. The third-order valence-electron chi connectivity index (χ3n) is 3.53. The zero-order valence-corrected chi connectivity index (χ0v) is 13.3. The summed E-state index contributed by atoms with van der Waals surface area (Å²) < 4.78 is 13.2. The van der Waals surface area contributed by atoms with Crippen molar-refractivity contribution in [3.8, 4) is 0 Å². The molecule has 1 aliphatic rings. The van der Waals surface area contributed by atoms with E-state index in [1.807, 2.05) is 0 Å². The highest BCUT2D eigenvalue weighted by Gasteiger charge is 2.44. The first-order valence-corrected chi connectivity index (χ1v) is 7.39. The Morgan fingerprint density at radius 3 is 2.90 bits per heavy atom. The average Bonchev–Trinajstić information content (AvgIpc) is 2.93. The highest BCUT2D eigenvalue weighted by Crippen LogP contribution is 2.34. The van der Waals surface area contributed by atoms with Crippen LogP contribution >= 0.6 is 22.6 Å². The lowest BCUT2D eigenvalue weighted by Crippen LogP contribution is -2.33. The van der Waals surface area contributed by atoms with Crippen LogP contribution in [0.25, 0.3) is 11.0 Å². The highest BCUT2D eigenvalue weighted by atomic mass is 127. The Labute approximate surface area is 134 Å². The molecule has 9 heteroatoms. The molecule has 0 aliphatic carbocycles. The van der Waals surface area contributed by atoms with Crippen LogP contribution in [0.3, 0.4) is 0 Å². The summed E-state index contributed by atoms with van der Waals surface area (Å²) in [5, 5.41) is 21.0. The van der Waals surface area contributed by atoms with Crippen LogP contribution in [0.4, 0.5) is 5.82 Å². The summed E-state index contributed by atoms with van der Waals surface area (Å²) in [5.74, 6) is 0.365. The van der Waals surface area contributed by atoms with Gasteiger partial charge in [-0.05, 0) is 22.6 Å². The third-order valence-corrected chi connectivity index (χ3v) is 4.35. The zero-order valence-electron chi connectivity index (χ0n) is 11.2. The Morgan fingerprint density at radius 1 is 1.43 bits per heavy atom. The summed E-state index contributed by atoms with van der Waals surface area (Å²) in [6.45, 7) is 0.197. The van der Waals surface area contributed by atoms with E-state index >= 15 is 0 Å². The molecule has 0 unspecified atom stereocenters. The molecule has 0 radical (unpaired) electrons. The minimum Gasteiger partial charge on any atom is -0.387 e. The molecule has 4 N–H and O–H groups in total. The van der Waals surface area contributed by atoms with Crippen molar-refractivity contribution in [1.82, 2.24) is 14.5 Å². The van der Waals surface area contributed by atoms with Gasteiger partial charge in [-0.3, -0.25) is 0 Å². The molecule has 0 amide bonds. The minimum absolute atomic E-state index is 0.197. The minimum atomic E-state index is -1.08. The van der Waals surface area contributed by atoms with Crippen LogP contribution in [0.2, 0.25) is 0 Å². The maximum absolute atomic E-state index is 10.2. The summed E-state index contributed by atoms with van der Waals surface area (Å²) in [6.07, 6.45) is -0.317. The number of hydrogen-bond donors (Lipinski definition) is 3. The lowest BCUT2D eigenvalue weighted by atomic mass is 10.1. The van der Waals surface area contributed by atoms with E-state index in [0.29, 0.717) is 16.9 Å². The molecule has 8 nitrogen and oxygen atoms in total. The van der Waals surface area contributed by atoms with Gasteiger partial charge >= 0.3 is 0 Å². The normalized spacial score (nSPS) is 29.3. The number of ether oxygens (including phenoxy) is 2. The van der Waals surface area contributed by atoms with Crippen molar-refractivity contribution in [3.05, 3.63) is 16.1 Å². The Morgan fingerprint density at radius 2 is 2.19 bits per heavy atom. The van der Waals surface area contributed by atoms with Gasteiger partial charge < -0.3 is 30.0 Å². The summed E-state index contributed by atoms with van der Waals surface area (Å²) >= 11 is 2.12. The van der Waals surface area contributed by atoms with Gasteiger partial charge in [-0.2, -0.15) is 0 Å². The van der Waals surface area contributed by atoms with Gasteiger partial charge in [-0.1, -0.05) is 0 Å². The molecule has 0 aromatic carbocycles. The van der Waals surface area contributed by atoms with Crippen LogP contribution in [-0.2, 0) is 9.47 Å². The number of nitrogens with two attached hydrogens (primary N) is 1. The molecule has 3 heterocycles. The van der Waals surface area contributed by atoms with E-state index in [1.165, 1.54) is 13.4 Å². The highest BCUT2D eigenvalue weighted by molar-refractivity contribution is 14.1. The number of rotatable bonds is 3. The number of hydrogen-bond acceptors (Lipinski definition) is 7. The molecular formula is C12H15IN4O4. The van der Waals surface area contributed by atoms with E-state index in [2.05, 4.69) is 32.6 Å². The van der Waals surface area contributed by atoms with Crippen molar-refractivity contribution in [3.63, 3.8) is 0 Å². The molecule has 1 fully saturated rings. The monoisotopic (exact) mass is 406 g/mol. The van der Waals surface area contributed by atoms with Crippen LogP contribution in [0.1, 0.15) is 6.23 Å². The van der Waals surface area contributed by atoms with E-state index in [-0.39, 0.29) is 6.61 Å². The maximum Gasteiger partial charge on any atom is 0.164 e. The molecule has 2 aromatic rings. The van der Waals surface area contributed by atoms with Crippen molar-refractivity contribution < 1.29 is 19.7 Å². The number of halogens is 1. The van der Waals surface area contributed by atoms with Gasteiger partial charge in [0.1, 0.15) is 36.1 Å². The van der Waals surface area contributed by atoms with E-state index in [4.69, 9.17) is 15.2 Å². The second kappa shape index (κ2) is 5.65. The Kier molecular flexibility index (Phi) is 4.01. The van der Waals surface area contributed by atoms with Gasteiger partial charge in [0.2, 0.25) is 0 Å². The van der Waals surface area contributed by atoms with Gasteiger partial charge in [0.15, 0.2) is 6.23 Å². The molecule has 3 rings (SSSR count). The molecule has 114 valence electrons. The number of aliphatic hydroxyl groups excluding tert-OH is 2. The number of aliphatic hydroxyl groups is 2. The van der Waals surface area contributed by atoms with Gasteiger partial charge in [0.25, 0.3) is 0 Å². The van der Waals surface area contributed by atoms with Crippen LogP contribution in [-0.4, -0.2) is 56.8 Å². The summed E-state index contributed by atoms with van der Waals surface area (Å²) in [6, 6.07) is 0. The predicted octanol–water partition coefficient (Wildman–Crippen LogP) is -0.116. The molecule has 4 atom stereocenters. The van der Waals surface area contributed by atoms with Crippen LogP contribution in [0, 0.1) is 3.57 Å². The van der Waals surface area contributed by atoms with Crippen molar-refractivity contribution in [2.45, 2.75) is 24.5 Å². The Balaban J connectivity index is 2.03. The predicted molar refractivity (Wildman–Crippen MR) is 82.5 cm³/mol. The average molecular weight is 406 g/mol. The third kappa shape index (κ3) is 2.38. The molecule has 1 saturated heterocycles. The van der Waals surface area contributed by atoms with Gasteiger partial charge in [-0.25, -0.2) is 9.97 Å². The Bertz CT molecular complexity index is 664. The largest absolute Gasteiger partial charge is 0.387 e. The number of fused-ring (bicyclic) bond motifs is 1. The van der Waals surface area contributed by atoms with Crippen molar-refractivity contribution in [1.29, 1.82) is 0 Å². The molecule has 0 spiro atoms. The van der Waals surface area contributed by atoms with Crippen LogP contribution in [0.5, 0.6) is 0 Å². The van der Waals surface area contributed by atoms with Crippen molar-refractivity contribution >= 4 is 39.4 Å². The maximum atomic E-state index is 10.2. The molecular weight excluding hydrogens is 391 g/mol. The summed E-state index contributed by atoms with van der Waals surface area (Å²) in [7, 11) is 1.51. The first kappa shape index (κ1) is 14.9. The Hall–Kier alpha value is -1.01. The number of anilines is 1. The second-order valence-electron chi connectivity index (χ2n) is 4.84. The number of aromatic nitrogens is 3. The summed E-state index contributed by atoms with van der Waals surface area (Å²) in [4.78, 5) is 8.16. The van der Waals surface area contributed by atoms with E-state index in [9.17, 15) is 10.2 Å². The second-order valence-corrected chi connectivity index (χ2v) is 6.01. The first-order valence-electron chi connectivity index (χ1n) is 6.31. The molecule has 1 aliphatic heterocycles. The fourth-order valence-electron chi connectivity index (χ4n) is 2.52. The smallest absolute Gasteiger partial charge is 0.164 e. The fraction of sp³-hybridized carbons (Fsp3) is 0.500. The topological polar surface area (TPSA) is 116 Å². The summed E-state index contributed by atoms with van der Waals surface area (Å²) in [5.41, 5.74) is 6.42. The standard InChI is InChI=1S/C12H15IN4O4/c1-20-3-6-8(18)9(19)12(21-6)17-2-5(13)7-10(14)15-4-16-11(7)17/h2,4,6,8-9,12,18-19H,3H2,1H3,(H2,14,15,16)/t6-,8-,9-,12-/m1/s1. The lowest BCUT2D eigenvalue weighted by Gasteiger charge is -2.17. The molecule has 21 heavy (non-hydrogen) atoms. The van der Waals surface area contributed by atoms with Gasteiger partial charge in [0.05, 0.1) is 12.0 Å². The van der Waals surface area contributed by atoms with Crippen molar-refractivity contribution in [2.24, 2.45) is 0 Å². The number of nitrogens with zero attached hydrogens (tertiary/aromatic N) is 3. The molecule has 0 saturated carbocycles. The van der Waals surface area contributed by atoms with Crippen LogP contribution < -0.4 is 5.73 Å².